The highest BCUT2D eigenvalue weighted by molar-refractivity contribution is 5.85. The minimum atomic E-state index is -0.369. The summed E-state index contributed by atoms with van der Waals surface area (Å²) in [6.45, 7) is 7.53. The topological polar surface area (TPSA) is 61.4 Å². The molecule has 1 aliphatic heterocycles. The molecule has 1 saturated carbocycles. The molecule has 0 aromatic rings. The minimum absolute atomic E-state index is 0. The summed E-state index contributed by atoms with van der Waals surface area (Å²) in [6, 6.07) is 0.126. The molecular formula is C16H31ClN2O2. The van der Waals surface area contributed by atoms with Crippen molar-refractivity contribution in [3.8, 4) is 0 Å². The number of carbonyl (C=O) groups is 1. The number of hydrogen-bond acceptors (Lipinski definition) is 3. The zero-order valence-corrected chi connectivity index (χ0v) is 14.3. The third kappa shape index (κ3) is 4.83. The number of carbonyl (C=O) groups excluding carboxylic acids is 1. The summed E-state index contributed by atoms with van der Waals surface area (Å²) in [4.78, 5) is 12.1. The summed E-state index contributed by atoms with van der Waals surface area (Å²) < 4.78 is 0. The van der Waals surface area contributed by atoms with E-state index in [1.165, 1.54) is 19.3 Å². The van der Waals surface area contributed by atoms with E-state index in [0.29, 0.717) is 24.4 Å². The van der Waals surface area contributed by atoms with Crippen LogP contribution >= 0.6 is 12.4 Å². The monoisotopic (exact) mass is 318 g/mol. The minimum Gasteiger partial charge on any atom is -0.392 e. The average Bonchev–Trinajstić information content (AvgIpc) is 2.86. The SMILES string of the molecule is CCC(C)(C)C1CCC(NC(=O)C2CC(O)CN2)CC1.Cl. The van der Waals surface area contributed by atoms with E-state index in [0.717, 1.165) is 18.8 Å². The van der Waals surface area contributed by atoms with Crippen molar-refractivity contribution < 1.29 is 9.90 Å². The first-order valence-corrected chi connectivity index (χ1v) is 8.14. The summed E-state index contributed by atoms with van der Waals surface area (Å²) in [5.41, 5.74) is 0.423. The highest BCUT2D eigenvalue weighted by atomic mass is 35.5. The maximum Gasteiger partial charge on any atom is 0.237 e. The van der Waals surface area contributed by atoms with Gasteiger partial charge in [0.25, 0.3) is 0 Å². The van der Waals surface area contributed by atoms with Gasteiger partial charge in [0.05, 0.1) is 12.1 Å². The Morgan fingerprint density at radius 1 is 1.29 bits per heavy atom. The lowest BCUT2D eigenvalue weighted by Gasteiger charge is -2.39. The maximum atomic E-state index is 12.1. The number of amides is 1. The molecule has 1 aliphatic carbocycles. The van der Waals surface area contributed by atoms with Crippen LogP contribution in [-0.4, -0.2) is 35.7 Å². The molecule has 5 heteroatoms. The van der Waals surface area contributed by atoms with Gasteiger partial charge in [-0.1, -0.05) is 27.2 Å². The summed E-state index contributed by atoms with van der Waals surface area (Å²) in [6.07, 6.45) is 6.01. The largest absolute Gasteiger partial charge is 0.392 e. The van der Waals surface area contributed by atoms with Crippen molar-refractivity contribution in [2.45, 2.75) is 77.5 Å². The van der Waals surface area contributed by atoms with E-state index >= 15 is 0 Å². The normalized spacial score (nSPS) is 33.3. The van der Waals surface area contributed by atoms with Crippen molar-refractivity contribution in [1.82, 2.24) is 10.6 Å². The third-order valence-electron chi connectivity index (χ3n) is 5.51. The van der Waals surface area contributed by atoms with Crippen molar-refractivity contribution in [2.75, 3.05) is 6.54 Å². The molecule has 124 valence electrons. The Hall–Kier alpha value is -0.320. The van der Waals surface area contributed by atoms with Crippen molar-refractivity contribution in [2.24, 2.45) is 11.3 Å². The first-order valence-electron chi connectivity index (χ1n) is 8.14. The van der Waals surface area contributed by atoms with E-state index in [-0.39, 0.29) is 30.5 Å². The van der Waals surface area contributed by atoms with Gasteiger partial charge in [-0.15, -0.1) is 12.4 Å². The molecule has 0 bridgehead atoms. The predicted molar refractivity (Wildman–Crippen MR) is 87.6 cm³/mol. The van der Waals surface area contributed by atoms with E-state index < -0.39 is 0 Å². The molecule has 1 saturated heterocycles. The summed E-state index contributed by atoms with van der Waals surface area (Å²) in [5.74, 6) is 0.854. The third-order valence-corrected chi connectivity index (χ3v) is 5.51. The number of β-amino-alcohol motifs (C(OH)–C–C–N with tert-alkyl or cyclic N) is 1. The van der Waals surface area contributed by atoms with Gasteiger partial charge in [-0.2, -0.15) is 0 Å². The Balaban J connectivity index is 0.00000220. The van der Waals surface area contributed by atoms with Crippen LogP contribution in [0.3, 0.4) is 0 Å². The van der Waals surface area contributed by atoms with Crippen LogP contribution in [0.2, 0.25) is 0 Å². The molecule has 2 unspecified atom stereocenters. The van der Waals surface area contributed by atoms with Crippen LogP contribution in [0.25, 0.3) is 0 Å². The molecule has 1 heterocycles. The van der Waals surface area contributed by atoms with E-state index in [2.05, 4.69) is 31.4 Å². The van der Waals surface area contributed by atoms with Crippen LogP contribution < -0.4 is 10.6 Å². The van der Waals surface area contributed by atoms with Gasteiger partial charge in [-0.05, 0) is 43.4 Å². The maximum absolute atomic E-state index is 12.1. The molecule has 1 amide bonds. The molecule has 2 atom stereocenters. The second-order valence-electron chi connectivity index (χ2n) is 7.25. The van der Waals surface area contributed by atoms with Crippen LogP contribution in [0.4, 0.5) is 0 Å². The number of aliphatic hydroxyl groups excluding tert-OH is 1. The van der Waals surface area contributed by atoms with Crippen LogP contribution in [0.1, 0.15) is 59.3 Å². The van der Waals surface area contributed by atoms with Gasteiger partial charge in [0, 0.05) is 12.6 Å². The molecule has 21 heavy (non-hydrogen) atoms. The Bertz CT molecular complexity index is 341. The molecule has 0 aromatic carbocycles. The molecular weight excluding hydrogens is 288 g/mol. The Kier molecular flexibility index (Phi) is 6.95. The quantitative estimate of drug-likeness (QED) is 0.745. The lowest BCUT2D eigenvalue weighted by atomic mass is 9.69. The number of hydrogen-bond donors (Lipinski definition) is 3. The number of nitrogens with one attached hydrogen (secondary N) is 2. The Labute approximate surface area is 134 Å². The van der Waals surface area contributed by atoms with Gasteiger partial charge >= 0.3 is 0 Å². The molecule has 0 radical (unpaired) electrons. The van der Waals surface area contributed by atoms with Gasteiger partial charge in [0.1, 0.15) is 0 Å². The second-order valence-corrected chi connectivity index (χ2v) is 7.25. The van der Waals surface area contributed by atoms with Crippen molar-refractivity contribution in [3.05, 3.63) is 0 Å². The molecule has 0 aromatic heterocycles. The van der Waals surface area contributed by atoms with Crippen LogP contribution in [0.5, 0.6) is 0 Å². The van der Waals surface area contributed by atoms with Crippen LogP contribution in [0.15, 0.2) is 0 Å². The van der Waals surface area contributed by atoms with Gasteiger partial charge in [0.2, 0.25) is 5.91 Å². The van der Waals surface area contributed by atoms with Gasteiger partial charge in [-0.3, -0.25) is 4.79 Å². The van der Waals surface area contributed by atoms with Gasteiger partial charge in [-0.25, -0.2) is 0 Å². The first kappa shape index (κ1) is 18.7. The smallest absolute Gasteiger partial charge is 0.237 e. The molecule has 2 fully saturated rings. The molecule has 2 aliphatic rings. The predicted octanol–water partition coefficient (Wildman–Crippen LogP) is 2.24. The number of aliphatic hydroxyl groups is 1. The fourth-order valence-electron chi connectivity index (χ4n) is 3.53. The molecule has 2 rings (SSSR count). The van der Waals surface area contributed by atoms with E-state index in [4.69, 9.17) is 0 Å². The first-order chi connectivity index (χ1) is 9.42. The Morgan fingerprint density at radius 2 is 1.90 bits per heavy atom. The summed E-state index contributed by atoms with van der Waals surface area (Å²) >= 11 is 0. The fraction of sp³-hybridized carbons (Fsp3) is 0.938. The second kappa shape index (κ2) is 7.80. The van der Waals surface area contributed by atoms with Crippen LogP contribution in [-0.2, 0) is 4.79 Å². The van der Waals surface area contributed by atoms with E-state index in [9.17, 15) is 9.90 Å². The summed E-state index contributed by atoms with van der Waals surface area (Å²) in [7, 11) is 0. The van der Waals surface area contributed by atoms with Crippen molar-refractivity contribution >= 4 is 18.3 Å². The van der Waals surface area contributed by atoms with Gasteiger partial charge in [0.15, 0.2) is 0 Å². The summed E-state index contributed by atoms with van der Waals surface area (Å²) in [5, 5.41) is 15.7. The average molecular weight is 319 g/mol. The Morgan fingerprint density at radius 3 is 2.38 bits per heavy atom. The van der Waals surface area contributed by atoms with Gasteiger partial charge < -0.3 is 15.7 Å². The van der Waals surface area contributed by atoms with E-state index in [1.807, 2.05) is 0 Å². The molecule has 3 N–H and O–H groups in total. The zero-order chi connectivity index (χ0) is 14.8. The highest BCUT2D eigenvalue weighted by Crippen LogP contribution is 2.40. The molecule has 0 spiro atoms. The zero-order valence-electron chi connectivity index (χ0n) is 13.5. The van der Waals surface area contributed by atoms with Crippen molar-refractivity contribution in [3.63, 3.8) is 0 Å². The highest BCUT2D eigenvalue weighted by Gasteiger charge is 2.34. The lowest BCUT2D eigenvalue weighted by molar-refractivity contribution is -0.124. The van der Waals surface area contributed by atoms with Crippen LogP contribution in [0, 0.1) is 11.3 Å². The number of rotatable bonds is 4. The standard InChI is InChI=1S/C16H30N2O2.ClH/c1-4-16(2,3)11-5-7-12(8-6-11)18-15(20)14-9-13(19)10-17-14;/h11-14,17,19H,4-10H2,1-3H3,(H,18,20);1H. The van der Waals surface area contributed by atoms with Crippen molar-refractivity contribution in [1.29, 1.82) is 0 Å². The van der Waals surface area contributed by atoms with E-state index in [1.54, 1.807) is 0 Å². The lowest BCUT2D eigenvalue weighted by Crippen LogP contribution is -2.47. The number of halogens is 1. The molecule has 4 nitrogen and oxygen atoms in total. The fourth-order valence-corrected chi connectivity index (χ4v) is 3.53.